The summed E-state index contributed by atoms with van der Waals surface area (Å²) in [7, 11) is 0. The van der Waals surface area contributed by atoms with Crippen molar-refractivity contribution >= 4 is 23.3 Å². The van der Waals surface area contributed by atoms with Crippen LogP contribution >= 0.6 is 11.6 Å². The van der Waals surface area contributed by atoms with Crippen molar-refractivity contribution < 1.29 is 13.5 Å². The summed E-state index contributed by atoms with van der Waals surface area (Å²) in [6, 6.07) is 6.01. The van der Waals surface area contributed by atoms with E-state index >= 15 is 0 Å². The largest absolute Gasteiger partial charge is 0.435 e. The van der Waals surface area contributed by atoms with Crippen LogP contribution in [0.5, 0.6) is 5.75 Å². The number of alkyl halides is 2. The molecule has 2 heterocycles. The van der Waals surface area contributed by atoms with Gasteiger partial charge in [0.25, 0.3) is 5.78 Å². The summed E-state index contributed by atoms with van der Waals surface area (Å²) in [6.07, 6.45) is 1.61. The molecule has 6 nitrogen and oxygen atoms in total. The highest BCUT2D eigenvalue weighted by molar-refractivity contribution is 6.32. The van der Waals surface area contributed by atoms with Crippen LogP contribution in [0, 0.1) is 0 Å². The smallest absolute Gasteiger partial charge is 0.387 e. The van der Waals surface area contributed by atoms with Crippen LogP contribution in [0.15, 0.2) is 30.5 Å². The zero-order chi connectivity index (χ0) is 15.0. The standard InChI is InChI=1S/C12H8ClF2N5O/c13-9-8(5-20-12(17-9)18-11(16)19-20)6-1-3-7(4-2-6)21-10(14)15/h1-5,10H,(H2,16,19). The van der Waals surface area contributed by atoms with Gasteiger partial charge in [-0.15, -0.1) is 5.10 Å². The Balaban J connectivity index is 2.01. The fraction of sp³-hybridized carbons (Fsp3) is 0.0833. The van der Waals surface area contributed by atoms with E-state index in [0.29, 0.717) is 11.1 Å². The van der Waals surface area contributed by atoms with Gasteiger partial charge < -0.3 is 10.5 Å². The highest BCUT2D eigenvalue weighted by Crippen LogP contribution is 2.28. The number of aromatic nitrogens is 4. The van der Waals surface area contributed by atoms with Crippen molar-refractivity contribution in [3.05, 3.63) is 35.6 Å². The van der Waals surface area contributed by atoms with Gasteiger partial charge in [-0.3, -0.25) is 0 Å². The van der Waals surface area contributed by atoms with Gasteiger partial charge in [0.1, 0.15) is 10.9 Å². The third-order valence-electron chi connectivity index (χ3n) is 2.69. The van der Waals surface area contributed by atoms with Gasteiger partial charge in [-0.05, 0) is 17.7 Å². The van der Waals surface area contributed by atoms with Crippen LogP contribution < -0.4 is 10.5 Å². The molecule has 0 aliphatic carbocycles. The molecule has 2 aromatic heterocycles. The molecule has 0 aliphatic heterocycles. The second-order valence-electron chi connectivity index (χ2n) is 4.06. The first-order valence-corrected chi connectivity index (χ1v) is 6.14. The molecule has 108 valence electrons. The normalized spacial score (nSPS) is 11.2. The Morgan fingerprint density at radius 2 is 1.90 bits per heavy atom. The number of anilines is 1. The molecule has 21 heavy (non-hydrogen) atoms. The Labute approximate surface area is 122 Å². The molecule has 0 fully saturated rings. The maximum Gasteiger partial charge on any atom is 0.387 e. The molecule has 0 atom stereocenters. The van der Waals surface area contributed by atoms with E-state index < -0.39 is 6.61 Å². The minimum atomic E-state index is -2.87. The first-order valence-electron chi connectivity index (χ1n) is 5.76. The molecule has 0 bridgehead atoms. The SMILES string of the molecule is Nc1nc2nc(Cl)c(-c3ccc(OC(F)F)cc3)cn2n1. The molecular formula is C12H8ClF2N5O. The van der Waals surface area contributed by atoms with Gasteiger partial charge in [0.2, 0.25) is 5.95 Å². The van der Waals surface area contributed by atoms with E-state index in [2.05, 4.69) is 19.8 Å². The molecule has 0 unspecified atom stereocenters. The predicted octanol–water partition coefficient (Wildman–Crippen LogP) is 2.63. The Hall–Kier alpha value is -2.48. The maximum atomic E-state index is 12.1. The van der Waals surface area contributed by atoms with Crippen LogP contribution in [0.25, 0.3) is 16.9 Å². The van der Waals surface area contributed by atoms with Crippen LogP contribution in [-0.2, 0) is 0 Å². The molecule has 0 radical (unpaired) electrons. The first kappa shape index (κ1) is 13.5. The van der Waals surface area contributed by atoms with Gasteiger partial charge in [-0.2, -0.15) is 18.7 Å². The molecule has 0 spiro atoms. The Morgan fingerprint density at radius 1 is 1.19 bits per heavy atom. The second-order valence-corrected chi connectivity index (χ2v) is 4.42. The van der Waals surface area contributed by atoms with Gasteiger partial charge in [0.05, 0.1) is 0 Å². The van der Waals surface area contributed by atoms with Gasteiger partial charge in [-0.1, -0.05) is 23.7 Å². The van der Waals surface area contributed by atoms with Crippen LogP contribution in [0.4, 0.5) is 14.7 Å². The molecule has 0 saturated carbocycles. The summed E-state index contributed by atoms with van der Waals surface area (Å²) in [6.45, 7) is -2.87. The van der Waals surface area contributed by atoms with E-state index in [1.165, 1.54) is 16.6 Å². The van der Waals surface area contributed by atoms with Gasteiger partial charge in [0.15, 0.2) is 0 Å². The number of fused-ring (bicyclic) bond motifs is 1. The van der Waals surface area contributed by atoms with Crippen molar-refractivity contribution in [2.24, 2.45) is 0 Å². The summed E-state index contributed by atoms with van der Waals surface area (Å²) in [5, 5.41) is 4.14. The van der Waals surface area contributed by atoms with Crippen molar-refractivity contribution in [2.75, 3.05) is 5.73 Å². The van der Waals surface area contributed by atoms with Crippen LogP contribution in [0.2, 0.25) is 5.15 Å². The second kappa shape index (κ2) is 5.13. The monoisotopic (exact) mass is 311 g/mol. The number of halogens is 3. The Kier molecular flexibility index (Phi) is 3.30. The van der Waals surface area contributed by atoms with E-state index in [-0.39, 0.29) is 22.6 Å². The van der Waals surface area contributed by atoms with Crippen molar-refractivity contribution in [2.45, 2.75) is 6.61 Å². The molecule has 0 amide bonds. The van der Waals surface area contributed by atoms with Gasteiger partial charge in [-0.25, -0.2) is 4.52 Å². The maximum absolute atomic E-state index is 12.1. The van der Waals surface area contributed by atoms with Crippen LogP contribution in [0.1, 0.15) is 0 Å². The average molecular weight is 312 g/mol. The summed E-state index contributed by atoms with van der Waals surface area (Å²) >= 11 is 6.09. The number of hydrogen-bond donors (Lipinski definition) is 1. The summed E-state index contributed by atoms with van der Waals surface area (Å²) in [4.78, 5) is 7.95. The lowest BCUT2D eigenvalue weighted by molar-refractivity contribution is -0.0498. The zero-order valence-corrected chi connectivity index (χ0v) is 11.1. The molecular weight excluding hydrogens is 304 g/mol. The topological polar surface area (TPSA) is 78.3 Å². The molecule has 1 aromatic carbocycles. The zero-order valence-electron chi connectivity index (χ0n) is 10.4. The summed E-state index contributed by atoms with van der Waals surface area (Å²) in [5.41, 5.74) is 6.72. The fourth-order valence-corrected chi connectivity index (χ4v) is 2.06. The minimum Gasteiger partial charge on any atom is -0.435 e. The number of benzene rings is 1. The number of hydrogen-bond acceptors (Lipinski definition) is 5. The van der Waals surface area contributed by atoms with Gasteiger partial charge >= 0.3 is 6.61 Å². The van der Waals surface area contributed by atoms with Crippen molar-refractivity contribution in [3.63, 3.8) is 0 Å². The lowest BCUT2D eigenvalue weighted by atomic mass is 10.1. The van der Waals surface area contributed by atoms with Crippen molar-refractivity contribution in [3.8, 4) is 16.9 Å². The number of ether oxygens (including phenoxy) is 1. The Bertz CT molecular complexity index is 790. The number of rotatable bonds is 3. The van der Waals surface area contributed by atoms with E-state index in [9.17, 15) is 8.78 Å². The minimum absolute atomic E-state index is 0.0592. The van der Waals surface area contributed by atoms with E-state index in [1.54, 1.807) is 18.3 Å². The highest BCUT2D eigenvalue weighted by atomic mass is 35.5. The molecule has 3 aromatic rings. The number of nitrogens with zero attached hydrogens (tertiary/aromatic N) is 4. The van der Waals surface area contributed by atoms with E-state index in [0.717, 1.165) is 0 Å². The Morgan fingerprint density at radius 3 is 2.57 bits per heavy atom. The lowest BCUT2D eigenvalue weighted by Gasteiger charge is -2.07. The van der Waals surface area contributed by atoms with Crippen molar-refractivity contribution in [1.82, 2.24) is 19.6 Å². The highest BCUT2D eigenvalue weighted by Gasteiger charge is 2.11. The van der Waals surface area contributed by atoms with Gasteiger partial charge in [0, 0.05) is 11.8 Å². The third kappa shape index (κ3) is 2.70. The summed E-state index contributed by atoms with van der Waals surface area (Å²) in [5.74, 6) is 0.416. The summed E-state index contributed by atoms with van der Waals surface area (Å²) < 4.78 is 29.9. The van der Waals surface area contributed by atoms with Crippen molar-refractivity contribution in [1.29, 1.82) is 0 Å². The van der Waals surface area contributed by atoms with E-state index in [4.69, 9.17) is 17.3 Å². The lowest BCUT2D eigenvalue weighted by Crippen LogP contribution is -2.01. The van der Waals surface area contributed by atoms with E-state index in [1.807, 2.05) is 0 Å². The average Bonchev–Trinajstić information content (AvgIpc) is 2.77. The first-order chi connectivity index (χ1) is 10.0. The fourth-order valence-electron chi connectivity index (χ4n) is 1.83. The van der Waals surface area contributed by atoms with Crippen LogP contribution in [0.3, 0.4) is 0 Å². The molecule has 0 aliphatic rings. The molecule has 3 rings (SSSR count). The molecule has 9 heteroatoms. The molecule has 2 N–H and O–H groups in total. The predicted molar refractivity (Wildman–Crippen MR) is 72.3 cm³/mol. The molecule has 0 saturated heterocycles. The van der Waals surface area contributed by atoms with Crippen LogP contribution in [-0.4, -0.2) is 26.2 Å². The quantitative estimate of drug-likeness (QED) is 0.752. The number of nitrogen functional groups attached to an aromatic ring is 1. The third-order valence-corrected chi connectivity index (χ3v) is 2.98. The number of nitrogens with two attached hydrogens (primary N) is 1.